The zero-order valence-electron chi connectivity index (χ0n) is 11.4. The number of hydrogen-bond acceptors (Lipinski definition) is 3. The van der Waals surface area contributed by atoms with Gasteiger partial charge in [-0.3, -0.25) is 4.79 Å². The molecule has 0 bridgehead atoms. The van der Waals surface area contributed by atoms with Crippen LogP contribution in [0.25, 0.3) is 0 Å². The molecule has 1 aromatic rings. The van der Waals surface area contributed by atoms with Gasteiger partial charge in [0.25, 0.3) is 0 Å². The van der Waals surface area contributed by atoms with Gasteiger partial charge in [-0.2, -0.15) is 0 Å². The van der Waals surface area contributed by atoms with E-state index in [4.69, 9.17) is 0 Å². The maximum Gasteiger partial charge on any atom is 0.220 e. The molecule has 2 rings (SSSR count). The van der Waals surface area contributed by atoms with Gasteiger partial charge in [0.05, 0.1) is 0 Å². The first-order valence-electron chi connectivity index (χ1n) is 6.79. The molecule has 1 aliphatic rings. The Bertz CT molecular complexity index is 364. The van der Waals surface area contributed by atoms with Gasteiger partial charge in [0.2, 0.25) is 5.91 Å². The maximum atomic E-state index is 11.8. The Kier molecular flexibility index (Phi) is 7.42. The highest BCUT2D eigenvalue weighted by atomic mass is 35.5. The summed E-state index contributed by atoms with van der Waals surface area (Å²) in [5.41, 5.74) is 0. The van der Waals surface area contributed by atoms with E-state index >= 15 is 0 Å². The van der Waals surface area contributed by atoms with Gasteiger partial charge in [0.15, 0.2) is 0 Å². The van der Waals surface area contributed by atoms with Crippen LogP contribution in [0.15, 0.2) is 17.5 Å². The molecule has 5 heteroatoms. The van der Waals surface area contributed by atoms with E-state index in [1.807, 2.05) is 0 Å². The second-order valence-corrected chi connectivity index (χ2v) is 6.12. The largest absolute Gasteiger partial charge is 0.353 e. The molecular weight excluding hydrogens is 280 g/mol. The number of carbonyl (C=O) groups excluding carboxylic acids is 1. The normalized spacial score (nSPS) is 19.7. The molecule has 2 unspecified atom stereocenters. The molecule has 2 heterocycles. The Morgan fingerprint density at radius 1 is 1.63 bits per heavy atom. The average Bonchev–Trinajstić information content (AvgIpc) is 2.98. The summed E-state index contributed by atoms with van der Waals surface area (Å²) >= 11 is 1.75. The molecule has 2 atom stereocenters. The predicted octanol–water partition coefficient (Wildman–Crippen LogP) is 2.75. The summed E-state index contributed by atoms with van der Waals surface area (Å²) in [6, 6.07) is 4.96. The lowest BCUT2D eigenvalue weighted by atomic mass is 10.1. The van der Waals surface area contributed by atoms with E-state index in [1.54, 1.807) is 11.3 Å². The molecule has 1 aromatic heterocycles. The molecule has 3 nitrogen and oxygen atoms in total. The van der Waals surface area contributed by atoms with E-state index in [0.717, 1.165) is 19.4 Å². The molecule has 1 amide bonds. The van der Waals surface area contributed by atoms with Crippen LogP contribution >= 0.6 is 23.7 Å². The van der Waals surface area contributed by atoms with Crippen molar-refractivity contribution in [3.63, 3.8) is 0 Å². The van der Waals surface area contributed by atoms with Gasteiger partial charge in [0.1, 0.15) is 0 Å². The van der Waals surface area contributed by atoms with Gasteiger partial charge < -0.3 is 10.6 Å². The lowest BCUT2D eigenvalue weighted by Gasteiger charge is -2.14. The van der Waals surface area contributed by atoms with E-state index in [9.17, 15) is 4.79 Å². The van der Waals surface area contributed by atoms with Crippen LogP contribution in [0.3, 0.4) is 0 Å². The molecule has 108 valence electrons. The van der Waals surface area contributed by atoms with Crippen LogP contribution in [0.4, 0.5) is 0 Å². The summed E-state index contributed by atoms with van der Waals surface area (Å²) in [4.78, 5) is 13.1. The van der Waals surface area contributed by atoms with Crippen LogP contribution in [0.2, 0.25) is 0 Å². The number of hydrogen-bond donors (Lipinski definition) is 2. The van der Waals surface area contributed by atoms with Crippen molar-refractivity contribution in [1.82, 2.24) is 10.6 Å². The van der Waals surface area contributed by atoms with Crippen molar-refractivity contribution in [3.8, 4) is 0 Å². The molecule has 0 spiro atoms. The van der Waals surface area contributed by atoms with E-state index < -0.39 is 0 Å². The third kappa shape index (κ3) is 5.93. The highest BCUT2D eigenvalue weighted by Crippen LogP contribution is 2.12. The molecule has 0 radical (unpaired) electrons. The van der Waals surface area contributed by atoms with Gasteiger partial charge in [0, 0.05) is 29.8 Å². The Morgan fingerprint density at radius 2 is 2.47 bits per heavy atom. The van der Waals surface area contributed by atoms with Crippen molar-refractivity contribution in [3.05, 3.63) is 22.4 Å². The number of rotatable bonds is 6. The maximum absolute atomic E-state index is 11.8. The van der Waals surface area contributed by atoms with Crippen molar-refractivity contribution in [2.75, 3.05) is 6.54 Å². The fourth-order valence-electron chi connectivity index (χ4n) is 2.44. The minimum Gasteiger partial charge on any atom is -0.353 e. The molecule has 1 aliphatic heterocycles. The van der Waals surface area contributed by atoms with Crippen LogP contribution < -0.4 is 10.6 Å². The summed E-state index contributed by atoms with van der Waals surface area (Å²) in [6.07, 6.45) is 5.02. The van der Waals surface area contributed by atoms with Crippen molar-refractivity contribution in [2.24, 2.45) is 0 Å². The first-order valence-corrected chi connectivity index (χ1v) is 7.67. The van der Waals surface area contributed by atoms with Gasteiger partial charge in [-0.05, 0) is 44.2 Å². The van der Waals surface area contributed by atoms with Crippen molar-refractivity contribution in [1.29, 1.82) is 0 Å². The smallest absolute Gasteiger partial charge is 0.220 e. The van der Waals surface area contributed by atoms with E-state index in [1.165, 1.54) is 17.7 Å². The lowest BCUT2D eigenvalue weighted by Crippen LogP contribution is -2.34. The average molecular weight is 303 g/mol. The monoisotopic (exact) mass is 302 g/mol. The summed E-state index contributed by atoms with van der Waals surface area (Å²) in [6.45, 7) is 3.19. The standard InChI is InChI=1S/C14H22N2OS.ClH/c1-11(10-13-5-3-9-18-13)16-14(17)7-6-12-4-2-8-15-12;/h3,5,9,11-12,15H,2,4,6-8,10H2,1H3,(H,16,17);1H. The second-order valence-electron chi connectivity index (χ2n) is 5.08. The number of carbonyl (C=O) groups is 1. The van der Waals surface area contributed by atoms with E-state index in [-0.39, 0.29) is 24.4 Å². The van der Waals surface area contributed by atoms with E-state index in [2.05, 4.69) is 35.1 Å². The number of thiophene rings is 1. The van der Waals surface area contributed by atoms with Crippen molar-refractivity contribution >= 4 is 29.7 Å². The molecule has 1 saturated heterocycles. The van der Waals surface area contributed by atoms with Crippen LogP contribution in [0.5, 0.6) is 0 Å². The summed E-state index contributed by atoms with van der Waals surface area (Å²) < 4.78 is 0. The number of halogens is 1. The van der Waals surface area contributed by atoms with Gasteiger partial charge in [-0.15, -0.1) is 23.7 Å². The predicted molar refractivity (Wildman–Crippen MR) is 83.1 cm³/mol. The highest BCUT2D eigenvalue weighted by Gasteiger charge is 2.16. The minimum absolute atomic E-state index is 0. The Labute approximate surface area is 125 Å². The second kappa shape index (κ2) is 8.56. The number of amides is 1. The fraction of sp³-hybridized carbons (Fsp3) is 0.643. The SMILES string of the molecule is CC(Cc1cccs1)NC(=O)CCC1CCCN1.Cl. The summed E-state index contributed by atoms with van der Waals surface area (Å²) in [7, 11) is 0. The molecule has 0 aliphatic carbocycles. The van der Waals surface area contributed by atoms with Crippen LogP contribution in [-0.2, 0) is 11.2 Å². The molecule has 19 heavy (non-hydrogen) atoms. The highest BCUT2D eigenvalue weighted by molar-refractivity contribution is 7.09. The molecule has 1 fully saturated rings. The molecule has 0 saturated carbocycles. The Balaban J connectivity index is 0.00000180. The quantitative estimate of drug-likeness (QED) is 0.848. The summed E-state index contributed by atoms with van der Waals surface area (Å²) in [5.74, 6) is 0.188. The summed E-state index contributed by atoms with van der Waals surface area (Å²) in [5, 5.41) is 8.58. The number of nitrogens with one attached hydrogen (secondary N) is 2. The van der Waals surface area contributed by atoms with Crippen molar-refractivity contribution in [2.45, 2.75) is 51.1 Å². The lowest BCUT2D eigenvalue weighted by molar-refractivity contribution is -0.121. The molecular formula is C14H23ClN2OS. The first-order chi connectivity index (χ1) is 8.74. The van der Waals surface area contributed by atoms with Crippen LogP contribution in [0.1, 0.15) is 37.5 Å². The van der Waals surface area contributed by atoms with Crippen LogP contribution in [0, 0.1) is 0 Å². The van der Waals surface area contributed by atoms with E-state index in [0.29, 0.717) is 12.5 Å². The van der Waals surface area contributed by atoms with Gasteiger partial charge in [-0.1, -0.05) is 6.07 Å². The molecule has 0 aromatic carbocycles. The Morgan fingerprint density at radius 3 is 3.11 bits per heavy atom. The third-order valence-electron chi connectivity index (χ3n) is 3.38. The van der Waals surface area contributed by atoms with Crippen LogP contribution in [-0.4, -0.2) is 24.5 Å². The first kappa shape index (κ1) is 16.5. The van der Waals surface area contributed by atoms with Gasteiger partial charge >= 0.3 is 0 Å². The van der Waals surface area contributed by atoms with Gasteiger partial charge in [-0.25, -0.2) is 0 Å². The Hall–Kier alpha value is -0.580. The zero-order valence-corrected chi connectivity index (χ0v) is 13.0. The topological polar surface area (TPSA) is 41.1 Å². The third-order valence-corrected chi connectivity index (χ3v) is 4.28. The molecule has 2 N–H and O–H groups in total. The zero-order chi connectivity index (χ0) is 12.8. The minimum atomic E-state index is 0. The van der Waals surface area contributed by atoms with Crippen molar-refractivity contribution < 1.29 is 4.79 Å². The fourth-order valence-corrected chi connectivity index (χ4v) is 3.27.